The summed E-state index contributed by atoms with van der Waals surface area (Å²) in [5, 5.41) is 9.38. The molecular formula is C23H26ClN5O5. The smallest absolute Gasteiger partial charge is 0.354 e. The number of carbonyl (C=O) groups is 1. The van der Waals surface area contributed by atoms with E-state index in [1.54, 1.807) is 13.2 Å². The molecule has 1 N–H and O–H groups in total. The highest BCUT2D eigenvalue weighted by atomic mass is 35.5. The van der Waals surface area contributed by atoms with E-state index < -0.39 is 5.97 Å². The molecule has 5 rings (SSSR count). The summed E-state index contributed by atoms with van der Waals surface area (Å²) in [5.74, 6) is 0.919. The van der Waals surface area contributed by atoms with Crippen LogP contribution in [0.25, 0.3) is 11.2 Å². The summed E-state index contributed by atoms with van der Waals surface area (Å²) in [6.07, 6.45) is 1.08. The van der Waals surface area contributed by atoms with E-state index in [2.05, 4.69) is 14.8 Å². The Kier molecular flexibility index (Phi) is 6.44. The second kappa shape index (κ2) is 9.65. The van der Waals surface area contributed by atoms with Crippen molar-refractivity contribution < 1.29 is 23.7 Å². The molecule has 3 aromatic rings. The first kappa shape index (κ1) is 22.7. The monoisotopic (exact) mass is 487 g/mol. The molecule has 2 aliphatic rings. The van der Waals surface area contributed by atoms with Crippen LogP contribution in [0, 0.1) is 0 Å². The van der Waals surface area contributed by atoms with E-state index in [0.29, 0.717) is 35.8 Å². The zero-order valence-electron chi connectivity index (χ0n) is 18.8. The predicted octanol–water partition coefficient (Wildman–Crippen LogP) is 2.78. The summed E-state index contributed by atoms with van der Waals surface area (Å²) in [7, 11) is 1.59. The number of aromatic carboxylic acids is 1. The molecule has 2 aliphatic heterocycles. The number of pyridine rings is 1. The van der Waals surface area contributed by atoms with Crippen LogP contribution in [0.5, 0.6) is 11.5 Å². The Hall–Kier alpha value is -3.08. The van der Waals surface area contributed by atoms with Gasteiger partial charge >= 0.3 is 5.97 Å². The van der Waals surface area contributed by atoms with Crippen LogP contribution in [0.15, 0.2) is 30.3 Å². The number of hydrogen-bond acceptors (Lipinski definition) is 8. The fourth-order valence-electron chi connectivity index (χ4n) is 4.45. The SMILES string of the molecule is COc1cccc(N2CCN(Cc3nc4ccc(C(=O)O)nc4n3C[C@@H]3CCO3)CC2)c1OCl. The number of anilines is 1. The van der Waals surface area contributed by atoms with E-state index in [0.717, 1.165) is 50.7 Å². The zero-order chi connectivity index (χ0) is 23.7. The highest BCUT2D eigenvalue weighted by molar-refractivity contribution is 6.09. The Morgan fingerprint density at radius 3 is 2.65 bits per heavy atom. The first-order valence-corrected chi connectivity index (χ1v) is 11.5. The third-order valence-corrected chi connectivity index (χ3v) is 6.56. The van der Waals surface area contributed by atoms with Gasteiger partial charge in [-0.15, -0.1) is 0 Å². The predicted molar refractivity (Wildman–Crippen MR) is 126 cm³/mol. The Morgan fingerprint density at radius 2 is 2.00 bits per heavy atom. The molecule has 0 saturated carbocycles. The maximum Gasteiger partial charge on any atom is 0.354 e. The quantitative estimate of drug-likeness (QED) is 0.513. The molecule has 0 aliphatic carbocycles. The number of para-hydroxylation sites is 1. The topological polar surface area (TPSA) is 102 Å². The molecule has 4 heterocycles. The lowest BCUT2D eigenvalue weighted by molar-refractivity contribution is -0.0592. The molecule has 34 heavy (non-hydrogen) atoms. The second-order valence-corrected chi connectivity index (χ2v) is 8.57. The van der Waals surface area contributed by atoms with Crippen LogP contribution < -0.4 is 13.9 Å². The summed E-state index contributed by atoms with van der Waals surface area (Å²) < 4.78 is 18.1. The zero-order valence-corrected chi connectivity index (χ0v) is 19.6. The number of carboxylic acids is 1. The van der Waals surface area contributed by atoms with E-state index in [9.17, 15) is 9.90 Å². The van der Waals surface area contributed by atoms with Gasteiger partial charge in [-0.2, -0.15) is 0 Å². The van der Waals surface area contributed by atoms with Gasteiger partial charge in [-0.1, -0.05) is 6.07 Å². The Bertz CT molecular complexity index is 1190. The minimum absolute atomic E-state index is 0.0129. The molecule has 0 spiro atoms. The molecule has 0 bridgehead atoms. The van der Waals surface area contributed by atoms with Gasteiger partial charge in [0.05, 0.1) is 32.0 Å². The maximum absolute atomic E-state index is 11.4. The fraction of sp³-hybridized carbons (Fsp3) is 0.435. The average Bonchev–Trinajstić information content (AvgIpc) is 3.17. The summed E-state index contributed by atoms with van der Waals surface area (Å²) >= 11 is 5.74. The summed E-state index contributed by atoms with van der Waals surface area (Å²) in [6.45, 7) is 5.20. The number of piperazine rings is 1. The number of imidazole rings is 1. The number of benzene rings is 1. The van der Waals surface area contributed by atoms with Crippen LogP contribution in [-0.4, -0.2) is 76.5 Å². The van der Waals surface area contributed by atoms with E-state index in [1.807, 2.05) is 22.8 Å². The van der Waals surface area contributed by atoms with E-state index in [1.165, 1.54) is 6.07 Å². The normalized spacial score (nSPS) is 18.6. The van der Waals surface area contributed by atoms with Crippen LogP contribution in [0.3, 0.4) is 0 Å². The van der Waals surface area contributed by atoms with Crippen molar-refractivity contribution in [3.8, 4) is 11.5 Å². The van der Waals surface area contributed by atoms with Crippen molar-refractivity contribution in [3.63, 3.8) is 0 Å². The molecule has 2 saturated heterocycles. The molecule has 0 unspecified atom stereocenters. The number of carboxylic acid groups (broad SMARTS) is 1. The van der Waals surface area contributed by atoms with Crippen molar-refractivity contribution in [1.82, 2.24) is 19.4 Å². The lowest BCUT2D eigenvalue weighted by atomic mass is 10.2. The van der Waals surface area contributed by atoms with Crippen molar-refractivity contribution in [2.24, 2.45) is 0 Å². The van der Waals surface area contributed by atoms with Crippen molar-refractivity contribution in [3.05, 3.63) is 41.9 Å². The highest BCUT2D eigenvalue weighted by Gasteiger charge is 2.26. The lowest BCUT2D eigenvalue weighted by Gasteiger charge is -2.36. The van der Waals surface area contributed by atoms with Gasteiger partial charge in [0.1, 0.15) is 23.2 Å². The Morgan fingerprint density at radius 1 is 1.21 bits per heavy atom. The van der Waals surface area contributed by atoms with Gasteiger partial charge in [-0.3, -0.25) is 4.90 Å². The summed E-state index contributed by atoms with van der Waals surface area (Å²) in [5.41, 5.74) is 2.19. The number of methoxy groups -OCH3 is 1. The molecule has 11 heteroatoms. The maximum atomic E-state index is 11.4. The second-order valence-electron chi connectivity index (χ2n) is 8.41. The standard InChI is InChI=1S/C23H26ClN5O5/c1-32-19-4-2-3-18(21(19)34-24)28-10-8-27(9-11-28)14-20-25-16-5-6-17(23(30)31)26-22(16)29(20)13-15-7-12-33-15/h2-6,15H,7-14H2,1H3,(H,30,31)/t15-/m0/s1. The lowest BCUT2D eigenvalue weighted by Crippen LogP contribution is -2.46. The molecule has 10 nitrogen and oxygen atoms in total. The van der Waals surface area contributed by atoms with Crippen LogP contribution in [0.1, 0.15) is 22.7 Å². The van der Waals surface area contributed by atoms with Gasteiger partial charge in [0.2, 0.25) is 5.75 Å². The third-order valence-electron chi connectivity index (χ3n) is 6.40. The minimum atomic E-state index is -1.05. The van der Waals surface area contributed by atoms with Gasteiger partial charge in [0, 0.05) is 32.8 Å². The van der Waals surface area contributed by atoms with Crippen molar-refractivity contribution in [2.45, 2.75) is 25.6 Å². The fourth-order valence-corrected chi connectivity index (χ4v) is 4.61. The van der Waals surface area contributed by atoms with E-state index in [-0.39, 0.29) is 11.8 Å². The molecule has 2 fully saturated rings. The van der Waals surface area contributed by atoms with E-state index >= 15 is 0 Å². The number of ether oxygens (including phenoxy) is 2. The number of hydrogen-bond donors (Lipinski definition) is 1. The molecular weight excluding hydrogens is 462 g/mol. The van der Waals surface area contributed by atoms with Gasteiger partial charge in [0.25, 0.3) is 0 Å². The van der Waals surface area contributed by atoms with Gasteiger partial charge in [-0.05, 0) is 30.7 Å². The number of fused-ring (bicyclic) bond motifs is 1. The first-order valence-electron chi connectivity index (χ1n) is 11.2. The average molecular weight is 488 g/mol. The highest BCUT2D eigenvalue weighted by Crippen LogP contribution is 2.38. The van der Waals surface area contributed by atoms with Crippen molar-refractivity contribution in [1.29, 1.82) is 0 Å². The number of halogens is 1. The van der Waals surface area contributed by atoms with Crippen LogP contribution >= 0.6 is 11.9 Å². The number of aromatic nitrogens is 3. The molecule has 0 amide bonds. The minimum Gasteiger partial charge on any atom is -0.493 e. The van der Waals surface area contributed by atoms with Crippen LogP contribution in [0.4, 0.5) is 5.69 Å². The third kappa shape index (κ3) is 4.36. The van der Waals surface area contributed by atoms with Gasteiger partial charge in [-0.25, -0.2) is 14.8 Å². The molecule has 1 aromatic carbocycles. The number of nitrogens with zero attached hydrogens (tertiary/aromatic N) is 5. The Balaban J connectivity index is 1.34. The summed E-state index contributed by atoms with van der Waals surface area (Å²) in [6, 6.07) is 8.93. The number of rotatable bonds is 8. The summed E-state index contributed by atoms with van der Waals surface area (Å²) in [4.78, 5) is 25.2. The molecule has 1 atom stereocenters. The van der Waals surface area contributed by atoms with Crippen LogP contribution in [-0.2, 0) is 17.8 Å². The molecule has 0 radical (unpaired) electrons. The Labute approximate surface area is 201 Å². The van der Waals surface area contributed by atoms with Crippen LogP contribution in [0.2, 0.25) is 0 Å². The van der Waals surface area contributed by atoms with Gasteiger partial charge < -0.3 is 28.3 Å². The molecule has 180 valence electrons. The van der Waals surface area contributed by atoms with Gasteiger partial charge in [0.15, 0.2) is 17.1 Å². The first-order chi connectivity index (χ1) is 16.6. The van der Waals surface area contributed by atoms with Crippen molar-refractivity contribution in [2.75, 3.05) is 44.8 Å². The van der Waals surface area contributed by atoms with E-state index in [4.69, 9.17) is 30.6 Å². The molecule has 2 aromatic heterocycles. The van der Waals surface area contributed by atoms with Crippen molar-refractivity contribution >= 4 is 34.7 Å². The largest absolute Gasteiger partial charge is 0.493 e.